The van der Waals surface area contributed by atoms with Gasteiger partial charge in [0.05, 0.1) is 17.0 Å². The fourth-order valence-corrected chi connectivity index (χ4v) is 5.41. The number of rotatable bonds is 10. The van der Waals surface area contributed by atoms with Crippen molar-refractivity contribution in [1.29, 1.82) is 0 Å². The van der Waals surface area contributed by atoms with Crippen LogP contribution in [0.5, 0.6) is 17.5 Å². The lowest BCUT2D eigenvalue weighted by Crippen LogP contribution is -2.38. The lowest BCUT2D eigenvalue weighted by atomic mass is 10.1. The van der Waals surface area contributed by atoms with Crippen LogP contribution in [-0.4, -0.2) is 67.7 Å². The molecule has 4 heterocycles. The van der Waals surface area contributed by atoms with Crippen LogP contribution in [0.2, 0.25) is 0 Å². The first kappa shape index (κ1) is 29.2. The maximum absolute atomic E-state index is 12.6. The number of imide groups is 1. The second-order valence-corrected chi connectivity index (χ2v) is 11.3. The van der Waals surface area contributed by atoms with E-state index in [1.54, 1.807) is 30.3 Å². The fraction of sp³-hybridized carbons (Fsp3) is 0.414. The van der Waals surface area contributed by atoms with Crippen molar-refractivity contribution in [2.24, 2.45) is 0 Å². The summed E-state index contributed by atoms with van der Waals surface area (Å²) >= 11 is 0.807. The highest BCUT2D eigenvalue weighted by Gasteiger charge is 2.35. The molecule has 3 aromatic rings. The number of benzene rings is 1. The Morgan fingerprint density at radius 2 is 1.95 bits per heavy atom. The molecule has 0 N–H and O–H groups in total. The average molecular weight is 593 g/mol. The molecule has 0 saturated carbocycles. The molecule has 2 aliphatic rings. The molecule has 0 radical (unpaired) electrons. The van der Waals surface area contributed by atoms with E-state index >= 15 is 0 Å². The number of carbonyl (C=O) groups excluding carboxylic acids is 3. The molecule has 0 unspecified atom stereocenters. The number of hydrogen-bond donors (Lipinski definition) is 0. The van der Waals surface area contributed by atoms with Crippen LogP contribution in [0.4, 0.5) is 10.8 Å². The van der Waals surface area contributed by atoms with Crippen LogP contribution in [0.3, 0.4) is 0 Å². The fourth-order valence-electron chi connectivity index (χ4n) is 4.57. The minimum absolute atomic E-state index is 0.0385. The summed E-state index contributed by atoms with van der Waals surface area (Å²) < 4.78 is 17.9. The molecular formula is C29H32N6O6S. The predicted octanol–water partition coefficient (Wildman–Crippen LogP) is 5.01. The molecule has 0 spiro atoms. The molecule has 13 heteroatoms. The second kappa shape index (κ2) is 12.7. The zero-order valence-electron chi connectivity index (χ0n) is 23.9. The number of ether oxygens (including phenoxy) is 2. The van der Waals surface area contributed by atoms with Gasteiger partial charge in [-0.2, -0.15) is 4.98 Å². The largest absolute Gasteiger partial charge is 0.474 e. The molecule has 5 rings (SSSR count). The Balaban J connectivity index is 1.25. The Morgan fingerprint density at radius 3 is 2.64 bits per heavy atom. The van der Waals surface area contributed by atoms with Crippen molar-refractivity contribution in [2.45, 2.75) is 59.0 Å². The van der Waals surface area contributed by atoms with Gasteiger partial charge in [-0.3, -0.25) is 19.3 Å². The molecule has 0 aliphatic carbocycles. The summed E-state index contributed by atoms with van der Waals surface area (Å²) in [6.45, 7) is 8.59. The van der Waals surface area contributed by atoms with Crippen molar-refractivity contribution in [2.75, 3.05) is 24.5 Å². The molecule has 42 heavy (non-hydrogen) atoms. The smallest absolute Gasteiger partial charge is 0.324 e. The van der Waals surface area contributed by atoms with Crippen LogP contribution in [0.15, 0.2) is 40.0 Å². The number of carbonyl (C=O) groups is 3. The van der Waals surface area contributed by atoms with E-state index in [9.17, 15) is 14.4 Å². The number of anilines is 1. The van der Waals surface area contributed by atoms with E-state index in [1.807, 2.05) is 20.8 Å². The molecule has 2 amide bonds. The van der Waals surface area contributed by atoms with Gasteiger partial charge in [0.25, 0.3) is 11.1 Å². The highest BCUT2D eigenvalue weighted by Crippen LogP contribution is 2.34. The van der Waals surface area contributed by atoms with Crippen molar-refractivity contribution in [3.8, 4) is 17.5 Å². The molecule has 0 atom stereocenters. The van der Waals surface area contributed by atoms with Crippen LogP contribution >= 0.6 is 11.8 Å². The number of thioether (sulfide) groups is 1. The summed E-state index contributed by atoms with van der Waals surface area (Å²) in [6, 6.07) is 7.65. The Hall–Kier alpha value is -4.26. The van der Waals surface area contributed by atoms with E-state index < -0.39 is 11.1 Å². The third-order valence-electron chi connectivity index (χ3n) is 6.78. The van der Waals surface area contributed by atoms with Crippen molar-refractivity contribution in [1.82, 2.24) is 25.0 Å². The SMILES string of the molecule is CCc1c(Oc2cccc(/C=C3\SC(=O)N(CC(C)=O)C3=O)c2)ncnc1OC1CCN(c2nc(C(C)C)no2)CC1. The Morgan fingerprint density at radius 1 is 1.19 bits per heavy atom. The van der Waals surface area contributed by atoms with E-state index in [2.05, 4.69) is 25.0 Å². The molecule has 0 bridgehead atoms. The highest BCUT2D eigenvalue weighted by atomic mass is 32.2. The van der Waals surface area contributed by atoms with E-state index in [4.69, 9.17) is 14.0 Å². The molecule has 2 fully saturated rings. The monoisotopic (exact) mass is 592 g/mol. The molecular weight excluding hydrogens is 560 g/mol. The summed E-state index contributed by atoms with van der Waals surface area (Å²) in [5.74, 6) is 1.52. The van der Waals surface area contributed by atoms with E-state index in [-0.39, 0.29) is 29.3 Å². The van der Waals surface area contributed by atoms with Crippen LogP contribution in [0.25, 0.3) is 6.08 Å². The van der Waals surface area contributed by atoms with Gasteiger partial charge in [0.15, 0.2) is 5.82 Å². The summed E-state index contributed by atoms with van der Waals surface area (Å²) in [5.41, 5.74) is 1.41. The van der Waals surface area contributed by atoms with Crippen molar-refractivity contribution < 1.29 is 28.4 Å². The molecule has 2 saturated heterocycles. The van der Waals surface area contributed by atoms with Gasteiger partial charge in [0.1, 0.15) is 24.0 Å². The molecule has 1 aromatic carbocycles. The quantitative estimate of drug-likeness (QED) is 0.292. The van der Waals surface area contributed by atoms with Gasteiger partial charge in [-0.25, -0.2) is 9.97 Å². The van der Waals surface area contributed by atoms with Crippen molar-refractivity contribution >= 4 is 40.8 Å². The van der Waals surface area contributed by atoms with Crippen molar-refractivity contribution in [3.63, 3.8) is 0 Å². The van der Waals surface area contributed by atoms with E-state index in [0.717, 1.165) is 48.2 Å². The number of amides is 2. The van der Waals surface area contributed by atoms with Crippen molar-refractivity contribution in [3.05, 3.63) is 52.4 Å². The third kappa shape index (κ3) is 6.62. The number of aromatic nitrogens is 4. The minimum Gasteiger partial charge on any atom is -0.474 e. The number of Topliss-reactive ketones (excluding diaryl/α,β-unsaturated/α-hetero) is 1. The van der Waals surface area contributed by atoms with Crippen LogP contribution in [-0.2, 0) is 16.0 Å². The average Bonchev–Trinajstić information content (AvgIpc) is 3.55. The molecule has 2 aromatic heterocycles. The maximum Gasteiger partial charge on any atom is 0.324 e. The molecule has 220 valence electrons. The first-order valence-corrected chi connectivity index (χ1v) is 14.6. The summed E-state index contributed by atoms with van der Waals surface area (Å²) in [6.07, 6.45) is 5.11. The van der Waals surface area contributed by atoms with Gasteiger partial charge >= 0.3 is 6.01 Å². The van der Waals surface area contributed by atoms with Crippen LogP contribution in [0.1, 0.15) is 63.4 Å². The zero-order chi connectivity index (χ0) is 29.8. The second-order valence-electron chi connectivity index (χ2n) is 10.4. The molecule has 2 aliphatic heterocycles. The van der Waals surface area contributed by atoms with Crippen LogP contribution in [0, 0.1) is 0 Å². The summed E-state index contributed by atoms with van der Waals surface area (Å²) in [5, 5.41) is 3.60. The predicted molar refractivity (Wildman–Crippen MR) is 156 cm³/mol. The maximum atomic E-state index is 12.6. The van der Waals surface area contributed by atoms with Gasteiger partial charge < -0.3 is 18.9 Å². The Kier molecular flexibility index (Phi) is 8.86. The first-order chi connectivity index (χ1) is 20.2. The standard InChI is InChI=1S/C29H32N6O6S/c1-5-22-25(39-20-9-11-34(12-10-20)28-32-24(17(2)3)33-41-28)30-16-31-26(22)40-21-8-6-7-19(13-21)14-23-27(37)35(15-18(4)36)29(38)42-23/h6-8,13-14,16-17,20H,5,9-12,15H2,1-4H3/b23-14-. The lowest BCUT2D eigenvalue weighted by molar-refractivity contribution is -0.127. The Bertz CT molecular complexity index is 1510. The topological polar surface area (TPSA) is 141 Å². The summed E-state index contributed by atoms with van der Waals surface area (Å²) in [4.78, 5) is 52.8. The van der Waals surface area contributed by atoms with Gasteiger partial charge in [0.2, 0.25) is 11.8 Å². The van der Waals surface area contributed by atoms with Gasteiger partial charge in [-0.05, 0) is 48.9 Å². The van der Waals surface area contributed by atoms with E-state index in [1.165, 1.54) is 13.3 Å². The zero-order valence-corrected chi connectivity index (χ0v) is 24.7. The lowest BCUT2D eigenvalue weighted by Gasteiger charge is -2.30. The highest BCUT2D eigenvalue weighted by molar-refractivity contribution is 8.18. The minimum atomic E-state index is -0.486. The van der Waals surface area contributed by atoms with Gasteiger partial charge in [0, 0.05) is 31.8 Å². The molecule has 12 nitrogen and oxygen atoms in total. The van der Waals surface area contributed by atoms with Gasteiger partial charge in [-0.15, -0.1) is 0 Å². The number of nitrogens with zero attached hydrogens (tertiary/aromatic N) is 6. The number of ketones is 1. The number of piperidine rings is 1. The third-order valence-corrected chi connectivity index (χ3v) is 7.69. The van der Waals surface area contributed by atoms with Crippen LogP contribution < -0.4 is 14.4 Å². The number of hydrogen-bond acceptors (Lipinski definition) is 12. The summed E-state index contributed by atoms with van der Waals surface area (Å²) in [7, 11) is 0. The normalized spacial score (nSPS) is 17.0. The van der Waals surface area contributed by atoms with E-state index in [0.29, 0.717) is 41.3 Å². The Labute approximate surface area is 247 Å². The first-order valence-electron chi connectivity index (χ1n) is 13.8. The van der Waals surface area contributed by atoms with Gasteiger partial charge in [-0.1, -0.05) is 38.1 Å².